The van der Waals surface area contributed by atoms with Gasteiger partial charge in [-0.3, -0.25) is 4.90 Å². The summed E-state index contributed by atoms with van der Waals surface area (Å²) in [6.45, 7) is 3.17. The molecule has 1 aliphatic heterocycles. The molecule has 4 rings (SSSR count). The van der Waals surface area contributed by atoms with E-state index in [1.165, 1.54) is 6.07 Å². The minimum atomic E-state index is -0.367. The molecule has 2 aromatic carbocycles. The molecular formula is C21H19ClFNO3. The van der Waals surface area contributed by atoms with E-state index in [0.717, 1.165) is 29.4 Å². The van der Waals surface area contributed by atoms with E-state index in [1.54, 1.807) is 18.2 Å². The zero-order valence-corrected chi connectivity index (χ0v) is 15.7. The van der Waals surface area contributed by atoms with E-state index in [4.69, 9.17) is 20.8 Å². The van der Waals surface area contributed by atoms with Gasteiger partial charge < -0.3 is 9.15 Å². The Morgan fingerprint density at radius 2 is 2.11 bits per heavy atom. The van der Waals surface area contributed by atoms with Crippen molar-refractivity contribution in [2.45, 2.75) is 32.9 Å². The van der Waals surface area contributed by atoms with Gasteiger partial charge in [0.15, 0.2) is 0 Å². The fraction of sp³-hybridized carbons (Fsp3) is 0.286. The summed E-state index contributed by atoms with van der Waals surface area (Å²) in [5.41, 5.74) is 2.39. The Bertz CT molecular complexity index is 1040. The average molecular weight is 388 g/mol. The molecule has 0 radical (unpaired) electrons. The van der Waals surface area contributed by atoms with Crippen molar-refractivity contribution in [2.24, 2.45) is 0 Å². The number of fused-ring (bicyclic) bond motifs is 3. The van der Waals surface area contributed by atoms with Crippen LogP contribution in [0.25, 0.3) is 11.0 Å². The summed E-state index contributed by atoms with van der Waals surface area (Å²) >= 11 is 6.15. The highest BCUT2D eigenvalue weighted by atomic mass is 35.5. The third-order valence-corrected chi connectivity index (χ3v) is 5.16. The fourth-order valence-corrected chi connectivity index (χ4v) is 3.75. The van der Waals surface area contributed by atoms with Gasteiger partial charge in [0.05, 0.1) is 5.56 Å². The van der Waals surface area contributed by atoms with E-state index < -0.39 is 0 Å². The second-order valence-corrected chi connectivity index (χ2v) is 7.13. The third kappa shape index (κ3) is 3.45. The van der Waals surface area contributed by atoms with Crippen molar-refractivity contribution < 1.29 is 13.5 Å². The van der Waals surface area contributed by atoms with Crippen LogP contribution in [0.1, 0.15) is 30.0 Å². The Morgan fingerprint density at radius 3 is 2.89 bits per heavy atom. The minimum Gasteiger partial charge on any atom is -0.478 e. The molecule has 0 fully saturated rings. The molecular weight excluding hydrogens is 369 g/mol. The van der Waals surface area contributed by atoms with Crippen molar-refractivity contribution in [3.8, 4) is 5.75 Å². The lowest BCUT2D eigenvalue weighted by molar-refractivity contribution is 0.0880. The summed E-state index contributed by atoms with van der Waals surface area (Å²) in [6.07, 6.45) is 1.74. The third-order valence-electron chi connectivity index (χ3n) is 4.81. The van der Waals surface area contributed by atoms with Crippen LogP contribution in [-0.2, 0) is 19.5 Å². The maximum atomic E-state index is 14.1. The van der Waals surface area contributed by atoms with E-state index in [0.29, 0.717) is 41.7 Å². The topological polar surface area (TPSA) is 42.7 Å². The Morgan fingerprint density at radius 1 is 1.26 bits per heavy atom. The average Bonchev–Trinajstić information content (AvgIpc) is 2.65. The number of nitrogens with zero attached hydrogens (tertiary/aromatic N) is 1. The van der Waals surface area contributed by atoms with E-state index in [-0.39, 0.29) is 11.4 Å². The first kappa shape index (κ1) is 18.0. The van der Waals surface area contributed by atoms with Gasteiger partial charge in [-0.1, -0.05) is 31.0 Å². The molecule has 0 saturated heterocycles. The van der Waals surface area contributed by atoms with Crippen LogP contribution in [0.15, 0.2) is 45.6 Å². The summed E-state index contributed by atoms with van der Waals surface area (Å²) in [6, 6.07) is 10.0. The van der Waals surface area contributed by atoms with Gasteiger partial charge in [0.25, 0.3) is 0 Å². The molecule has 0 aliphatic carbocycles. The second-order valence-electron chi connectivity index (χ2n) is 6.72. The quantitative estimate of drug-likeness (QED) is 0.598. The van der Waals surface area contributed by atoms with Gasteiger partial charge >= 0.3 is 5.63 Å². The molecule has 0 saturated carbocycles. The van der Waals surface area contributed by atoms with Gasteiger partial charge in [-0.05, 0) is 36.2 Å². The van der Waals surface area contributed by atoms with Crippen LogP contribution in [0.3, 0.4) is 0 Å². The van der Waals surface area contributed by atoms with Crippen LogP contribution in [0, 0.1) is 5.82 Å². The first-order chi connectivity index (χ1) is 13.1. The van der Waals surface area contributed by atoms with Gasteiger partial charge in [-0.15, -0.1) is 0 Å². The number of hydrogen-bond donors (Lipinski definition) is 0. The highest BCUT2D eigenvalue weighted by molar-refractivity contribution is 6.31. The van der Waals surface area contributed by atoms with Crippen molar-refractivity contribution in [3.05, 3.63) is 74.3 Å². The van der Waals surface area contributed by atoms with Crippen LogP contribution in [0.2, 0.25) is 5.02 Å². The molecule has 0 amide bonds. The van der Waals surface area contributed by atoms with Gasteiger partial charge in [0, 0.05) is 35.1 Å². The molecule has 0 spiro atoms. The number of benzene rings is 2. The van der Waals surface area contributed by atoms with Crippen LogP contribution >= 0.6 is 11.6 Å². The summed E-state index contributed by atoms with van der Waals surface area (Å²) in [5.74, 6) is 0.346. The van der Waals surface area contributed by atoms with E-state index in [1.807, 2.05) is 17.0 Å². The molecule has 0 bridgehead atoms. The number of hydrogen-bond acceptors (Lipinski definition) is 4. The van der Waals surface area contributed by atoms with E-state index >= 15 is 0 Å². The molecule has 4 nitrogen and oxygen atoms in total. The molecule has 0 N–H and O–H groups in total. The van der Waals surface area contributed by atoms with Gasteiger partial charge in [-0.25, -0.2) is 9.18 Å². The van der Waals surface area contributed by atoms with Crippen LogP contribution in [0.5, 0.6) is 5.75 Å². The molecule has 1 aliphatic rings. The zero-order valence-electron chi connectivity index (χ0n) is 14.9. The lowest BCUT2D eigenvalue weighted by Crippen LogP contribution is -2.32. The number of ether oxygens (including phenoxy) is 1. The summed E-state index contributed by atoms with van der Waals surface area (Å²) in [4.78, 5) is 14.0. The van der Waals surface area contributed by atoms with Crippen molar-refractivity contribution in [1.29, 1.82) is 0 Å². The number of aryl methyl sites for hydroxylation is 1. The predicted octanol–water partition coefficient (Wildman–Crippen LogP) is 4.89. The monoisotopic (exact) mass is 387 g/mol. The zero-order chi connectivity index (χ0) is 19.0. The smallest absolute Gasteiger partial charge is 0.336 e. The van der Waals surface area contributed by atoms with Crippen LogP contribution < -0.4 is 10.4 Å². The molecule has 27 heavy (non-hydrogen) atoms. The molecule has 0 unspecified atom stereocenters. The fourth-order valence-electron chi connectivity index (χ4n) is 3.53. The first-order valence-corrected chi connectivity index (χ1v) is 9.31. The summed E-state index contributed by atoms with van der Waals surface area (Å²) in [7, 11) is 0. The van der Waals surface area contributed by atoms with Crippen molar-refractivity contribution in [3.63, 3.8) is 0 Å². The Balaban J connectivity index is 1.73. The maximum Gasteiger partial charge on any atom is 0.336 e. The highest BCUT2D eigenvalue weighted by Crippen LogP contribution is 2.34. The Hall–Kier alpha value is -2.37. The van der Waals surface area contributed by atoms with Crippen LogP contribution in [-0.4, -0.2) is 11.6 Å². The van der Waals surface area contributed by atoms with Gasteiger partial charge in [0.2, 0.25) is 0 Å². The summed E-state index contributed by atoms with van der Waals surface area (Å²) < 4.78 is 25.5. The van der Waals surface area contributed by atoms with E-state index in [2.05, 4.69) is 6.92 Å². The highest BCUT2D eigenvalue weighted by Gasteiger charge is 2.23. The second kappa shape index (κ2) is 7.33. The SMILES string of the molecule is CCCc1cc(=O)oc2c3c(ccc12)OCN(Cc1c(F)cccc1Cl)C3. The maximum absolute atomic E-state index is 14.1. The summed E-state index contributed by atoms with van der Waals surface area (Å²) in [5, 5.41) is 1.31. The molecule has 6 heteroatoms. The molecule has 3 aromatic rings. The normalized spacial score (nSPS) is 14.2. The lowest BCUT2D eigenvalue weighted by atomic mass is 10.0. The van der Waals surface area contributed by atoms with Crippen molar-refractivity contribution >= 4 is 22.6 Å². The van der Waals surface area contributed by atoms with Gasteiger partial charge in [-0.2, -0.15) is 0 Å². The largest absolute Gasteiger partial charge is 0.478 e. The lowest BCUT2D eigenvalue weighted by Gasteiger charge is -2.29. The first-order valence-electron chi connectivity index (χ1n) is 8.93. The van der Waals surface area contributed by atoms with E-state index in [9.17, 15) is 9.18 Å². The molecule has 0 atom stereocenters. The molecule has 1 aromatic heterocycles. The molecule has 2 heterocycles. The number of rotatable bonds is 4. The standard InChI is InChI=1S/C21H19ClFNO3/c1-2-4-13-9-20(25)27-21-14(13)7-8-19-16(21)11-24(12-26-19)10-15-17(22)5-3-6-18(15)23/h3,5-9H,2,4,10-12H2,1H3. The minimum absolute atomic E-state index is 0.306. The molecule has 140 valence electrons. The van der Waals surface area contributed by atoms with Gasteiger partial charge in [0.1, 0.15) is 23.9 Å². The Labute approximate surface area is 161 Å². The Kier molecular flexibility index (Phi) is 4.89. The van der Waals surface area contributed by atoms with Crippen LogP contribution in [0.4, 0.5) is 4.39 Å². The van der Waals surface area contributed by atoms with Crippen molar-refractivity contribution in [2.75, 3.05) is 6.73 Å². The van der Waals surface area contributed by atoms with Crippen molar-refractivity contribution in [1.82, 2.24) is 4.90 Å². The predicted molar refractivity (Wildman–Crippen MR) is 103 cm³/mol. The number of halogens is 2.